The standard InChI is InChI=1S/C16H17ClO2/c1-12-2-5-14(16(17)10-12)11-19-15-6-3-13(4-7-15)8-9-18/h2-7,10,18H,8-9,11H2,1H3. The summed E-state index contributed by atoms with van der Waals surface area (Å²) >= 11 is 6.15. The molecule has 0 atom stereocenters. The van der Waals surface area contributed by atoms with E-state index in [1.807, 2.05) is 49.4 Å². The van der Waals surface area contributed by atoms with E-state index in [0.29, 0.717) is 13.0 Å². The maximum Gasteiger partial charge on any atom is 0.119 e. The number of hydrogen-bond donors (Lipinski definition) is 1. The summed E-state index contributed by atoms with van der Waals surface area (Å²) in [5, 5.41) is 9.58. The number of benzene rings is 2. The molecule has 0 bridgehead atoms. The summed E-state index contributed by atoms with van der Waals surface area (Å²) in [5.41, 5.74) is 3.22. The second-order valence-electron chi connectivity index (χ2n) is 4.50. The van der Waals surface area contributed by atoms with Crippen molar-refractivity contribution in [2.24, 2.45) is 0 Å². The summed E-state index contributed by atoms with van der Waals surface area (Å²) in [6.07, 6.45) is 0.671. The number of halogens is 1. The third-order valence-electron chi connectivity index (χ3n) is 2.93. The van der Waals surface area contributed by atoms with Gasteiger partial charge in [0.1, 0.15) is 12.4 Å². The third-order valence-corrected chi connectivity index (χ3v) is 3.28. The Morgan fingerprint density at radius 3 is 2.47 bits per heavy atom. The molecule has 0 radical (unpaired) electrons. The average Bonchev–Trinajstić information content (AvgIpc) is 2.40. The third kappa shape index (κ3) is 3.98. The molecule has 0 aromatic heterocycles. The number of aryl methyl sites for hydroxylation is 1. The number of ether oxygens (including phenoxy) is 1. The van der Waals surface area contributed by atoms with Crippen LogP contribution in [0.5, 0.6) is 5.75 Å². The van der Waals surface area contributed by atoms with Gasteiger partial charge in [-0.15, -0.1) is 0 Å². The van der Waals surface area contributed by atoms with Crippen molar-refractivity contribution in [2.45, 2.75) is 20.0 Å². The lowest BCUT2D eigenvalue weighted by Gasteiger charge is -2.09. The Morgan fingerprint density at radius 1 is 1.11 bits per heavy atom. The second kappa shape index (κ2) is 6.60. The second-order valence-corrected chi connectivity index (χ2v) is 4.91. The maximum absolute atomic E-state index is 8.85. The van der Waals surface area contributed by atoms with Crippen LogP contribution in [0.15, 0.2) is 42.5 Å². The van der Waals surface area contributed by atoms with Gasteiger partial charge in [0.2, 0.25) is 0 Å². The van der Waals surface area contributed by atoms with Crippen LogP contribution < -0.4 is 4.74 Å². The summed E-state index contributed by atoms with van der Waals surface area (Å²) < 4.78 is 5.70. The highest BCUT2D eigenvalue weighted by molar-refractivity contribution is 6.31. The molecule has 2 nitrogen and oxygen atoms in total. The predicted octanol–water partition coefficient (Wildman–Crippen LogP) is 3.76. The molecule has 0 amide bonds. The lowest BCUT2D eigenvalue weighted by Crippen LogP contribution is -1.97. The lowest BCUT2D eigenvalue weighted by molar-refractivity contribution is 0.298. The highest BCUT2D eigenvalue weighted by Gasteiger charge is 2.02. The van der Waals surface area contributed by atoms with Crippen LogP contribution in [0.2, 0.25) is 5.02 Å². The summed E-state index contributed by atoms with van der Waals surface area (Å²) in [6.45, 7) is 2.63. The zero-order chi connectivity index (χ0) is 13.7. The summed E-state index contributed by atoms with van der Waals surface area (Å²) in [4.78, 5) is 0. The zero-order valence-electron chi connectivity index (χ0n) is 10.9. The van der Waals surface area contributed by atoms with Gasteiger partial charge in [-0.1, -0.05) is 35.9 Å². The fourth-order valence-corrected chi connectivity index (χ4v) is 2.10. The normalized spacial score (nSPS) is 10.5. The zero-order valence-corrected chi connectivity index (χ0v) is 11.7. The monoisotopic (exact) mass is 276 g/mol. The maximum atomic E-state index is 8.85. The molecule has 2 rings (SSSR count). The highest BCUT2D eigenvalue weighted by Crippen LogP contribution is 2.20. The van der Waals surface area contributed by atoms with Crippen LogP contribution in [0.3, 0.4) is 0 Å². The number of rotatable bonds is 5. The molecular formula is C16H17ClO2. The molecule has 1 N–H and O–H groups in total. The van der Waals surface area contributed by atoms with Gasteiger partial charge >= 0.3 is 0 Å². The van der Waals surface area contributed by atoms with Crippen molar-refractivity contribution in [3.8, 4) is 5.75 Å². The minimum Gasteiger partial charge on any atom is -0.489 e. The molecule has 2 aromatic carbocycles. The first kappa shape index (κ1) is 13.9. The summed E-state index contributed by atoms with van der Waals surface area (Å²) in [6, 6.07) is 13.7. The molecule has 0 saturated heterocycles. The predicted molar refractivity (Wildman–Crippen MR) is 77.8 cm³/mol. The van der Waals surface area contributed by atoms with Crippen LogP contribution in [0.4, 0.5) is 0 Å². The minimum atomic E-state index is 0.166. The van der Waals surface area contributed by atoms with Gasteiger partial charge < -0.3 is 9.84 Å². The van der Waals surface area contributed by atoms with Crippen molar-refractivity contribution >= 4 is 11.6 Å². The van der Waals surface area contributed by atoms with Crippen LogP contribution in [0.25, 0.3) is 0 Å². The van der Waals surface area contributed by atoms with Crippen molar-refractivity contribution in [3.05, 3.63) is 64.2 Å². The van der Waals surface area contributed by atoms with Crippen molar-refractivity contribution in [1.29, 1.82) is 0 Å². The quantitative estimate of drug-likeness (QED) is 0.901. The molecule has 19 heavy (non-hydrogen) atoms. The molecule has 0 aliphatic carbocycles. The van der Waals surface area contributed by atoms with E-state index in [0.717, 1.165) is 27.5 Å². The molecule has 0 saturated carbocycles. The lowest BCUT2D eigenvalue weighted by atomic mass is 10.1. The van der Waals surface area contributed by atoms with Gasteiger partial charge in [-0.2, -0.15) is 0 Å². The SMILES string of the molecule is Cc1ccc(COc2ccc(CCO)cc2)c(Cl)c1. The Morgan fingerprint density at radius 2 is 1.84 bits per heavy atom. The number of hydrogen-bond acceptors (Lipinski definition) is 2. The molecule has 0 heterocycles. The van der Waals surface area contributed by atoms with Gasteiger partial charge in [0.25, 0.3) is 0 Å². The van der Waals surface area contributed by atoms with E-state index in [-0.39, 0.29) is 6.61 Å². The van der Waals surface area contributed by atoms with Gasteiger partial charge in [0.05, 0.1) is 0 Å². The average molecular weight is 277 g/mol. The van der Waals surface area contributed by atoms with Crippen LogP contribution in [-0.4, -0.2) is 11.7 Å². The molecule has 3 heteroatoms. The molecule has 2 aromatic rings. The Balaban J connectivity index is 1.98. The van der Waals surface area contributed by atoms with Gasteiger partial charge in [0, 0.05) is 17.2 Å². The van der Waals surface area contributed by atoms with Crippen molar-refractivity contribution in [2.75, 3.05) is 6.61 Å². The largest absolute Gasteiger partial charge is 0.489 e. The van der Waals surface area contributed by atoms with Gasteiger partial charge in [-0.05, 0) is 42.7 Å². The first-order valence-electron chi connectivity index (χ1n) is 6.26. The molecule has 0 spiro atoms. The van der Waals surface area contributed by atoms with Crippen molar-refractivity contribution < 1.29 is 9.84 Å². The topological polar surface area (TPSA) is 29.5 Å². The summed E-state index contributed by atoms with van der Waals surface area (Å²) in [7, 11) is 0. The summed E-state index contributed by atoms with van der Waals surface area (Å²) in [5.74, 6) is 0.804. The Kier molecular flexibility index (Phi) is 4.83. The van der Waals surface area contributed by atoms with Crippen molar-refractivity contribution in [1.82, 2.24) is 0 Å². The molecule has 0 fully saturated rings. The van der Waals surface area contributed by atoms with E-state index in [9.17, 15) is 0 Å². The number of aliphatic hydroxyl groups excluding tert-OH is 1. The van der Waals surface area contributed by atoms with E-state index in [1.54, 1.807) is 0 Å². The molecule has 100 valence electrons. The molecule has 0 aliphatic heterocycles. The van der Waals surface area contributed by atoms with Crippen molar-refractivity contribution in [3.63, 3.8) is 0 Å². The number of aliphatic hydroxyl groups is 1. The minimum absolute atomic E-state index is 0.166. The highest BCUT2D eigenvalue weighted by atomic mass is 35.5. The van der Waals surface area contributed by atoms with E-state index < -0.39 is 0 Å². The van der Waals surface area contributed by atoms with E-state index >= 15 is 0 Å². The van der Waals surface area contributed by atoms with Crippen LogP contribution in [0, 0.1) is 6.92 Å². The Labute approximate surface area is 118 Å². The first-order chi connectivity index (χ1) is 9.19. The fraction of sp³-hybridized carbons (Fsp3) is 0.250. The first-order valence-corrected chi connectivity index (χ1v) is 6.64. The van der Waals surface area contributed by atoms with E-state index in [4.69, 9.17) is 21.4 Å². The molecule has 0 unspecified atom stereocenters. The van der Waals surface area contributed by atoms with Gasteiger partial charge in [0.15, 0.2) is 0 Å². The van der Waals surface area contributed by atoms with Gasteiger partial charge in [-0.25, -0.2) is 0 Å². The molecule has 0 aliphatic rings. The molecular weight excluding hydrogens is 260 g/mol. The Hall–Kier alpha value is -1.51. The fourth-order valence-electron chi connectivity index (χ4n) is 1.81. The van der Waals surface area contributed by atoms with Crippen LogP contribution >= 0.6 is 11.6 Å². The van der Waals surface area contributed by atoms with E-state index in [2.05, 4.69) is 0 Å². The smallest absolute Gasteiger partial charge is 0.119 e. The van der Waals surface area contributed by atoms with Crippen LogP contribution in [0.1, 0.15) is 16.7 Å². The van der Waals surface area contributed by atoms with E-state index in [1.165, 1.54) is 0 Å². The Bertz CT molecular complexity index is 535. The van der Waals surface area contributed by atoms with Gasteiger partial charge in [-0.3, -0.25) is 0 Å². The van der Waals surface area contributed by atoms with Crippen LogP contribution in [-0.2, 0) is 13.0 Å².